The minimum absolute atomic E-state index is 0.00888. The van der Waals surface area contributed by atoms with Gasteiger partial charge in [-0.15, -0.1) is 0 Å². The standard InChI is InChI=1S/C51H79NO13.C27H44O6/c1-30-16-12-11-13-17-31(2)42(61-8)28-38-21-19-36(7)51(60,65-38)48(57)49(58)52-23-15-14-18-39(52)50(59)64-43(33(4)26-37-20-22-40(53)44(27-37)62-9)29-41(54)32(3)25-35(6)46(56)47(63-10)45(55)34(5)24-30;1-15(20(28)8-9-24(2,3)32)16-7-11-27(33)18-12-21(29)19-13-22(30)23(31)14-25(19,4)17(18)6-10-26(16,27)5/h11-13,16-17,25,30,32-34,36-40,42-44,46-47,53,56,60H,14-15,18-24,26-29H2,1-10H3;12,15-17,19-20,22-23,28,30-33H,6-11,13-14H2,1-5H3/b13-11+,16-12+,31-17+,35-25+;/t30-,32-,33-,34-,36-,37+,38+,39+,40-,42+,43+,44-,46-,47+,51-;15-,16+,17-,19-,20+,22+,23-,25+,26+,27+/m10/s1. The van der Waals surface area contributed by atoms with Gasteiger partial charge in [0.05, 0.1) is 53.9 Å². The average Bonchev–Trinajstić information content (AvgIpc) is 1.35. The van der Waals surface area contributed by atoms with Crippen molar-refractivity contribution in [3.05, 3.63) is 59.3 Å². The lowest BCUT2D eigenvalue weighted by molar-refractivity contribution is -0.265. The average molecular weight is 1380 g/mol. The number of ketones is 4. The molecular formula is C78H123NO19. The van der Waals surface area contributed by atoms with E-state index < -0.39 is 124 Å². The second kappa shape index (κ2) is 34.0. The van der Waals surface area contributed by atoms with E-state index in [0.717, 1.165) is 36.8 Å². The Morgan fingerprint density at radius 2 is 1.47 bits per heavy atom. The minimum Gasteiger partial charge on any atom is -0.460 e. The van der Waals surface area contributed by atoms with E-state index in [1.54, 1.807) is 61.0 Å². The number of carbonyl (C=O) groups is 6. The number of rotatable bonds is 11. The Kier molecular flexibility index (Phi) is 28.1. The van der Waals surface area contributed by atoms with Crippen molar-refractivity contribution in [2.45, 2.75) is 296 Å². The fourth-order valence-electron chi connectivity index (χ4n) is 18.4. The van der Waals surface area contributed by atoms with Crippen molar-refractivity contribution in [3.63, 3.8) is 0 Å². The van der Waals surface area contributed by atoms with Gasteiger partial charge in [-0.2, -0.15) is 0 Å². The van der Waals surface area contributed by atoms with Gasteiger partial charge in [0.25, 0.3) is 11.7 Å². The molecule has 8 rings (SSSR count). The molecule has 0 aromatic heterocycles. The van der Waals surface area contributed by atoms with Crippen LogP contribution in [0.3, 0.4) is 0 Å². The van der Waals surface area contributed by atoms with Crippen molar-refractivity contribution in [2.24, 2.45) is 70.0 Å². The topological polar surface area (TPSA) is 314 Å². The molecule has 0 unspecified atom stereocenters. The van der Waals surface area contributed by atoms with E-state index in [1.165, 1.54) is 12.0 Å². The summed E-state index contributed by atoms with van der Waals surface area (Å²) in [6.45, 7) is 22.5. The highest BCUT2D eigenvalue weighted by atomic mass is 16.6. The maximum absolute atomic E-state index is 14.4. The fraction of sp³-hybridized carbons (Fsp3) is 0.795. The number of hydrogen-bond acceptors (Lipinski definition) is 19. The molecule has 554 valence electrons. The number of piperidine rings is 1. The van der Waals surface area contributed by atoms with Crippen LogP contribution in [0.15, 0.2) is 59.3 Å². The number of aliphatic hydroxyl groups is 8. The number of esters is 1. The van der Waals surface area contributed by atoms with E-state index in [-0.39, 0.29) is 90.7 Å². The van der Waals surface area contributed by atoms with Crippen LogP contribution in [0.2, 0.25) is 0 Å². The summed E-state index contributed by atoms with van der Waals surface area (Å²) in [6, 6.07) is -1.14. The van der Waals surface area contributed by atoms with E-state index in [4.69, 9.17) is 23.7 Å². The van der Waals surface area contributed by atoms with Crippen LogP contribution in [-0.2, 0) is 52.5 Å². The van der Waals surface area contributed by atoms with Gasteiger partial charge in [0.15, 0.2) is 11.6 Å². The van der Waals surface area contributed by atoms with Crippen molar-refractivity contribution in [2.75, 3.05) is 27.9 Å². The van der Waals surface area contributed by atoms with E-state index in [0.29, 0.717) is 89.0 Å². The number of carbonyl (C=O) groups excluding carboxylic acids is 6. The number of amides is 1. The summed E-state index contributed by atoms with van der Waals surface area (Å²) in [7, 11) is 4.52. The molecule has 5 aliphatic carbocycles. The molecule has 6 fully saturated rings. The van der Waals surface area contributed by atoms with Gasteiger partial charge in [-0.3, -0.25) is 24.0 Å². The van der Waals surface area contributed by atoms with Crippen LogP contribution in [0.5, 0.6) is 0 Å². The van der Waals surface area contributed by atoms with Gasteiger partial charge in [-0.1, -0.05) is 91.8 Å². The Hall–Kier alpha value is -4.16. The van der Waals surface area contributed by atoms with Gasteiger partial charge in [0, 0.05) is 69.8 Å². The zero-order valence-electron chi connectivity index (χ0n) is 61.5. The quantitative estimate of drug-likeness (QED) is 0.0544. The number of cyclic esters (lactones) is 1. The van der Waals surface area contributed by atoms with Gasteiger partial charge in [-0.05, 0) is 207 Å². The summed E-state index contributed by atoms with van der Waals surface area (Å²) in [5, 5.41) is 87.7. The summed E-state index contributed by atoms with van der Waals surface area (Å²) < 4.78 is 29.4. The molecule has 3 aliphatic heterocycles. The smallest absolute Gasteiger partial charge is 0.329 e. The van der Waals surface area contributed by atoms with Gasteiger partial charge in [0.1, 0.15) is 30.1 Å². The Morgan fingerprint density at radius 3 is 2.13 bits per heavy atom. The molecular weight excluding hydrogens is 1250 g/mol. The first kappa shape index (κ1) is 81.1. The monoisotopic (exact) mass is 1380 g/mol. The van der Waals surface area contributed by atoms with Crippen LogP contribution < -0.4 is 0 Å². The fourth-order valence-corrected chi connectivity index (χ4v) is 18.4. The maximum Gasteiger partial charge on any atom is 0.329 e. The van der Waals surface area contributed by atoms with Crippen molar-refractivity contribution in [3.8, 4) is 0 Å². The normalized spacial score (nSPS) is 42.7. The van der Waals surface area contributed by atoms with E-state index in [2.05, 4.69) is 20.8 Å². The van der Waals surface area contributed by atoms with E-state index in [9.17, 15) is 69.6 Å². The molecule has 8 N–H and O–H groups in total. The first-order valence-corrected chi connectivity index (χ1v) is 36.8. The number of allylic oxidation sites excluding steroid dienone is 7. The SMILES string of the molecule is CO[C@H]1C[C@@H]2CC[C@@H](C)[C@@](O)(O2)C(=O)C(=O)N2CCCC[C@H]2C(=O)O[C@H]([C@H](C)C[C@@H]2CC[C@@H](O)[C@H](OC)C2)CC(=O)[C@H](C)/C=C(\C)[C@@H](O)[C@@H](OC)C(=O)[C@H](C)C[C@H](C)/C=C/C=C/C=C/1C.C[C@H]([C@H](O)CCC(C)(C)O)[C@H]1CC[C@@]2(O)C3=CC(=O)[C@@H]4C[C@@H](O)[C@@H](O)C[C@]4(C)[C@H]3CC[C@]12C. The highest BCUT2D eigenvalue weighted by Gasteiger charge is 2.67. The van der Waals surface area contributed by atoms with Gasteiger partial charge in [0.2, 0.25) is 5.79 Å². The summed E-state index contributed by atoms with van der Waals surface area (Å²) >= 11 is 0. The molecule has 8 aliphatic rings. The van der Waals surface area contributed by atoms with Crippen molar-refractivity contribution < 1.29 is 93.3 Å². The minimum atomic E-state index is -2.43. The van der Waals surface area contributed by atoms with Crippen LogP contribution in [0.25, 0.3) is 0 Å². The molecule has 0 spiro atoms. The third-order valence-corrected chi connectivity index (χ3v) is 25.0. The largest absolute Gasteiger partial charge is 0.460 e. The molecule has 0 aromatic rings. The molecule has 20 nitrogen and oxygen atoms in total. The Labute approximate surface area is 583 Å². The third-order valence-electron chi connectivity index (χ3n) is 25.0. The number of methoxy groups -OCH3 is 3. The highest BCUT2D eigenvalue weighted by Crippen LogP contribution is 2.68. The summed E-state index contributed by atoms with van der Waals surface area (Å²) in [5.41, 5.74) is -0.744. The highest BCUT2D eigenvalue weighted by molar-refractivity contribution is 6.39. The van der Waals surface area contributed by atoms with Crippen LogP contribution >= 0.6 is 0 Å². The molecule has 25 atom stereocenters. The first-order chi connectivity index (χ1) is 45.9. The third kappa shape index (κ3) is 18.2. The Bertz CT molecular complexity index is 2930. The lowest BCUT2D eigenvalue weighted by atomic mass is 9.46. The summed E-state index contributed by atoms with van der Waals surface area (Å²) in [6.07, 6.45) is 15.2. The molecule has 2 saturated heterocycles. The maximum atomic E-state index is 14.4. The summed E-state index contributed by atoms with van der Waals surface area (Å²) in [5.74, 6) is -8.22. The zero-order chi connectivity index (χ0) is 72.7. The Balaban J connectivity index is 0.000000340. The lowest BCUT2D eigenvalue weighted by Gasteiger charge is -2.60. The summed E-state index contributed by atoms with van der Waals surface area (Å²) in [4.78, 5) is 85.0. The number of fused-ring (bicyclic) bond motifs is 8. The second-order valence-corrected chi connectivity index (χ2v) is 32.5. The number of Topliss-reactive ketones (excluding diaryl/α,β-unsaturated/α-hetero) is 3. The van der Waals surface area contributed by atoms with Crippen molar-refractivity contribution in [1.29, 1.82) is 0 Å². The van der Waals surface area contributed by atoms with Crippen LogP contribution in [-0.4, -0.2) is 193 Å². The predicted molar refractivity (Wildman–Crippen MR) is 370 cm³/mol. The van der Waals surface area contributed by atoms with Crippen LogP contribution in [0.4, 0.5) is 0 Å². The Morgan fingerprint density at radius 1 is 0.765 bits per heavy atom. The molecule has 4 saturated carbocycles. The van der Waals surface area contributed by atoms with Crippen LogP contribution in [0, 0.1) is 70.0 Å². The van der Waals surface area contributed by atoms with Gasteiger partial charge < -0.3 is 69.4 Å². The van der Waals surface area contributed by atoms with Crippen molar-refractivity contribution >= 4 is 35.0 Å². The number of nitrogens with zero attached hydrogens (tertiary/aromatic N) is 1. The van der Waals surface area contributed by atoms with E-state index >= 15 is 0 Å². The molecule has 0 aromatic carbocycles. The van der Waals surface area contributed by atoms with Gasteiger partial charge >= 0.3 is 5.97 Å². The molecule has 0 radical (unpaired) electrons. The van der Waals surface area contributed by atoms with Crippen molar-refractivity contribution in [1.82, 2.24) is 4.90 Å². The second-order valence-electron chi connectivity index (χ2n) is 32.5. The predicted octanol–water partition coefficient (Wildman–Crippen LogP) is 8.92. The molecule has 3 heterocycles. The van der Waals surface area contributed by atoms with Gasteiger partial charge in [-0.25, -0.2) is 4.79 Å². The molecule has 1 amide bonds. The number of hydrogen-bond donors (Lipinski definition) is 8. The lowest BCUT2D eigenvalue weighted by Crippen LogP contribution is -2.61. The molecule has 98 heavy (non-hydrogen) atoms. The number of aliphatic hydroxyl groups excluding tert-OH is 5. The molecule has 20 heteroatoms. The first-order valence-electron chi connectivity index (χ1n) is 36.8. The zero-order valence-corrected chi connectivity index (χ0v) is 61.5. The molecule has 2 bridgehead atoms. The van der Waals surface area contributed by atoms with Crippen LogP contribution in [0.1, 0.15) is 212 Å². The van der Waals surface area contributed by atoms with E-state index in [1.807, 2.05) is 58.1 Å². The number of ether oxygens (including phenoxy) is 5.